The molecule has 8 heteroatoms. The number of nitrogens with one attached hydrogen (secondary N) is 1. The molecule has 2 amide bonds. The quantitative estimate of drug-likeness (QED) is 0.736. The number of carbonyl (C=O) groups is 3. The van der Waals surface area contributed by atoms with Gasteiger partial charge in [0.1, 0.15) is 17.7 Å². The van der Waals surface area contributed by atoms with E-state index in [2.05, 4.69) is 5.32 Å². The van der Waals surface area contributed by atoms with Crippen LogP contribution in [0.1, 0.15) is 40.0 Å². The fourth-order valence-electron chi connectivity index (χ4n) is 3.45. The Bertz CT molecular complexity index is 531. The molecule has 25 heavy (non-hydrogen) atoms. The van der Waals surface area contributed by atoms with Crippen LogP contribution in [0.2, 0.25) is 0 Å². The normalized spacial score (nSPS) is 28.0. The first-order chi connectivity index (χ1) is 11.6. The predicted molar refractivity (Wildman–Crippen MR) is 90.9 cm³/mol. The Balaban J connectivity index is 2.18. The van der Waals surface area contributed by atoms with Gasteiger partial charge < -0.3 is 24.6 Å². The van der Waals surface area contributed by atoms with E-state index >= 15 is 0 Å². The SMILES string of the molecule is COC(=O)[C@@H]1CC[C@@H]2CCN(C)C[C@H](NC(=O)OC(C)(C)C)C(=O)N21. The van der Waals surface area contributed by atoms with Gasteiger partial charge in [-0.15, -0.1) is 0 Å². The summed E-state index contributed by atoms with van der Waals surface area (Å²) in [4.78, 5) is 40.9. The minimum Gasteiger partial charge on any atom is -0.467 e. The maximum Gasteiger partial charge on any atom is 0.408 e. The van der Waals surface area contributed by atoms with Crippen molar-refractivity contribution in [1.82, 2.24) is 15.1 Å². The monoisotopic (exact) mass is 355 g/mol. The summed E-state index contributed by atoms with van der Waals surface area (Å²) in [5.41, 5.74) is -0.647. The molecule has 8 nitrogen and oxygen atoms in total. The molecule has 0 aliphatic carbocycles. The molecule has 2 aliphatic heterocycles. The number of fused-ring (bicyclic) bond motifs is 1. The number of hydrogen-bond donors (Lipinski definition) is 1. The van der Waals surface area contributed by atoms with Crippen molar-refractivity contribution in [2.45, 2.75) is 63.8 Å². The van der Waals surface area contributed by atoms with Gasteiger partial charge in [-0.25, -0.2) is 9.59 Å². The molecule has 1 N–H and O–H groups in total. The molecule has 0 bridgehead atoms. The van der Waals surface area contributed by atoms with Crippen molar-refractivity contribution >= 4 is 18.0 Å². The standard InChI is InChI=1S/C17H29N3O5/c1-17(2,3)25-16(23)18-12-10-19(4)9-8-11-6-7-13(15(22)24-5)20(11)14(12)21/h11-13H,6-10H2,1-5H3,(H,18,23)/t11-,12+,13+/m1/s1. The van der Waals surface area contributed by atoms with Crippen molar-refractivity contribution in [3.05, 3.63) is 0 Å². The maximum absolute atomic E-state index is 13.1. The Hall–Kier alpha value is -1.83. The topological polar surface area (TPSA) is 88.2 Å². The number of hydrogen-bond acceptors (Lipinski definition) is 6. The van der Waals surface area contributed by atoms with Crippen LogP contribution in [0.25, 0.3) is 0 Å². The summed E-state index contributed by atoms with van der Waals surface area (Å²) in [5.74, 6) is -0.656. The molecule has 0 radical (unpaired) electrons. The Morgan fingerprint density at radius 2 is 1.88 bits per heavy atom. The molecular formula is C17H29N3O5. The van der Waals surface area contributed by atoms with Crippen molar-refractivity contribution in [2.75, 3.05) is 27.2 Å². The average molecular weight is 355 g/mol. The summed E-state index contributed by atoms with van der Waals surface area (Å²) in [6, 6.07) is -1.34. The third-order valence-corrected chi connectivity index (χ3v) is 4.56. The Morgan fingerprint density at radius 3 is 2.48 bits per heavy atom. The van der Waals surface area contributed by atoms with E-state index in [0.717, 1.165) is 19.4 Å². The first kappa shape index (κ1) is 19.5. The molecule has 0 aromatic rings. The van der Waals surface area contributed by atoms with Crippen LogP contribution in [0.3, 0.4) is 0 Å². The molecule has 0 saturated carbocycles. The van der Waals surface area contributed by atoms with Crippen LogP contribution >= 0.6 is 0 Å². The molecule has 2 rings (SSSR count). The van der Waals surface area contributed by atoms with Crippen molar-refractivity contribution in [3.63, 3.8) is 0 Å². The number of amides is 2. The highest BCUT2D eigenvalue weighted by molar-refractivity contribution is 5.90. The van der Waals surface area contributed by atoms with E-state index in [1.165, 1.54) is 7.11 Å². The number of nitrogens with zero attached hydrogens (tertiary/aromatic N) is 2. The number of carbonyl (C=O) groups excluding carboxylic acids is 3. The number of rotatable bonds is 2. The average Bonchev–Trinajstić information content (AvgIpc) is 2.91. The van der Waals surface area contributed by atoms with Crippen LogP contribution < -0.4 is 5.32 Å². The molecule has 0 aromatic heterocycles. The van der Waals surface area contributed by atoms with Crippen LogP contribution in [0.15, 0.2) is 0 Å². The molecule has 142 valence electrons. The lowest BCUT2D eigenvalue weighted by molar-refractivity contribution is -0.153. The van der Waals surface area contributed by atoms with Crippen LogP contribution in [-0.2, 0) is 19.1 Å². The van der Waals surface area contributed by atoms with Crippen LogP contribution in [0.4, 0.5) is 4.79 Å². The molecule has 2 fully saturated rings. The maximum atomic E-state index is 13.1. The van der Waals surface area contributed by atoms with Gasteiger partial charge in [0.15, 0.2) is 0 Å². The van der Waals surface area contributed by atoms with E-state index < -0.39 is 29.7 Å². The molecule has 2 aliphatic rings. The molecule has 0 spiro atoms. The summed E-state index contributed by atoms with van der Waals surface area (Å²) in [5, 5.41) is 2.67. The first-order valence-corrected chi connectivity index (χ1v) is 8.70. The molecule has 2 heterocycles. The van der Waals surface area contributed by atoms with Gasteiger partial charge in [-0.3, -0.25) is 4.79 Å². The van der Waals surface area contributed by atoms with E-state index in [1.807, 2.05) is 11.9 Å². The minimum atomic E-state index is -0.757. The Labute approximate surface area is 148 Å². The largest absolute Gasteiger partial charge is 0.467 e. The van der Waals surface area contributed by atoms with Crippen molar-refractivity contribution in [3.8, 4) is 0 Å². The molecule has 0 aromatic carbocycles. The van der Waals surface area contributed by atoms with Crippen molar-refractivity contribution < 1.29 is 23.9 Å². The van der Waals surface area contributed by atoms with Crippen molar-refractivity contribution in [2.24, 2.45) is 0 Å². The summed E-state index contributed by atoms with van der Waals surface area (Å²) >= 11 is 0. The Morgan fingerprint density at radius 1 is 1.20 bits per heavy atom. The zero-order chi connectivity index (χ0) is 18.8. The second-order valence-electron chi connectivity index (χ2n) is 7.77. The molecule has 2 saturated heterocycles. The lowest BCUT2D eigenvalue weighted by Crippen LogP contribution is -2.59. The summed E-state index contributed by atoms with van der Waals surface area (Å²) in [6.07, 6.45) is 1.52. The van der Waals surface area contributed by atoms with E-state index in [1.54, 1.807) is 25.7 Å². The highest BCUT2D eigenvalue weighted by Crippen LogP contribution is 2.29. The Kier molecular flexibility index (Phi) is 5.92. The zero-order valence-electron chi connectivity index (χ0n) is 15.7. The highest BCUT2D eigenvalue weighted by Gasteiger charge is 2.45. The number of alkyl carbamates (subject to hydrolysis) is 1. The van der Waals surface area contributed by atoms with Gasteiger partial charge >= 0.3 is 12.1 Å². The molecular weight excluding hydrogens is 326 g/mol. The second-order valence-corrected chi connectivity index (χ2v) is 7.77. The van der Waals surface area contributed by atoms with Crippen LogP contribution in [-0.4, -0.2) is 78.7 Å². The fraction of sp³-hybridized carbons (Fsp3) is 0.824. The van der Waals surface area contributed by atoms with Crippen LogP contribution in [0.5, 0.6) is 0 Å². The third kappa shape index (κ3) is 4.84. The summed E-state index contributed by atoms with van der Waals surface area (Å²) in [6.45, 7) is 6.46. The lowest BCUT2D eigenvalue weighted by Gasteiger charge is -2.37. The number of methoxy groups -OCH3 is 1. The number of likely N-dealkylation sites (N-methyl/N-ethyl adjacent to an activating group) is 1. The predicted octanol–water partition coefficient (Wildman–Crippen LogP) is 0.748. The van der Waals surface area contributed by atoms with Gasteiger partial charge in [0, 0.05) is 12.6 Å². The fourth-order valence-corrected chi connectivity index (χ4v) is 3.45. The first-order valence-electron chi connectivity index (χ1n) is 8.70. The van der Waals surface area contributed by atoms with Gasteiger partial charge in [0.25, 0.3) is 0 Å². The lowest BCUT2D eigenvalue weighted by atomic mass is 10.1. The van der Waals surface area contributed by atoms with Crippen molar-refractivity contribution in [1.29, 1.82) is 0 Å². The van der Waals surface area contributed by atoms with E-state index in [0.29, 0.717) is 13.0 Å². The van der Waals surface area contributed by atoms with Crippen LogP contribution in [0, 0.1) is 0 Å². The van der Waals surface area contributed by atoms with Gasteiger partial charge in [-0.2, -0.15) is 0 Å². The molecule has 0 unspecified atom stereocenters. The summed E-state index contributed by atoms with van der Waals surface area (Å²) in [7, 11) is 3.24. The molecule has 3 atom stereocenters. The zero-order valence-corrected chi connectivity index (χ0v) is 15.7. The van der Waals surface area contributed by atoms with Gasteiger partial charge in [0.05, 0.1) is 7.11 Å². The smallest absolute Gasteiger partial charge is 0.408 e. The minimum absolute atomic E-state index is 0.0118. The second kappa shape index (κ2) is 7.59. The van der Waals surface area contributed by atoms with Gasteiger partial charge in [0.2, 0.25) is 5.91 Å². The van der Waals surface area contributed by atoms with E-state index in [-0.39, 0.29) is 11.9 Å². The van der Waals surface area contributed by atoms with E-state index in [9.17, 15) is 14.4 Å². The van der Waals surface area contributed by atoms with Gasteiger partial charge in [-0.1, -0.05) is 0 Å². The third-order valence-electron chi connectivity index (χ3n) is 4.56. The number of esters is 1. The number of ether oxygens (including phenoxy) is 2. The highest BCUT2D eigenvalue weighted by atomic mass is 16.6. The van der Waals surface area contributed by atoms with E-state index in [4.69, 9.17) is 9.47 Å². The van der Waals surface area contributed by atoms with Gasteiger partial charge in [-0.05, 0) is 53.6 Å². The summed E-state index contributed by atoms with van der Waals surface area (Å²) < 4.78 is 10.1.